The van der Waals surface area contributed by atoms with Crippen LogP contribution in [0.25, 0.3) is 0 Å². The SMILES string of the molecule is FC(Nc1ccccc1)C(F)(F)C(F)(F)C(F)(F)C(F)(F)C(F)(F)C(F)(F)C(F)(F)F. The Morgan fingerprint density at radius 3 is 1.26 bits per heavy atom. The van der Waals surface area contributed by atoms with Gasteiger partial charge in [-0.1, -0.05) is 18.2 Å². The standard InChI is InChI=1S/C14H7F16N/c15-7(31-6-4-2-1-3-5-6)8(16,17)9(18,19)10(20,21)11(22,23)12(24,25)13(26,27)14(28,29)30/h1-5,7,31H. The van der Waals surface area contributed by atoms with Gasteiger partial charge in [-0.15, -0.1) is 0 Å². The molecule has 0 spiro atoms. The first-order valence-electron chi connectivity index (χ1n) is 7.29. The van der Waals surface area contributed by atoms with Gasteiger partial charge in [0.05, 0.1) is 0 Å². The van der Waals surface area contributed by atoms with E-state index in [1.807, 2.05) is 0 Å². The van der Waals surface area contributed by atoms with Crippen LogP contribution in [-0.4, -0.2) is 48.0 Å². The summed E-state index contributed by atoms with van der Waals surface area (Å²) in [5.41, 5.74) is -0.838. The van der Waals surface area contributed by atoms with Crippen molar-refractivity contribution in [3.05, 3.63) is 30.3 Å². The monoisotopic (exact) mass is 493 g/mol. The molecule has 0 heterocycles. The normalized spacial score (nSPS) is 16.3. The van der Waals surface area contributed by atoms with E-state index in [-0.39, 0.29) is 0 Å². The predicted octanol–water partition coefficient (Wildman–Crippen LogP) is 6.77. The number of halogens is 16. The van der Waals surface area contributed by atoms with Crippen LogP contribution in [0.15, 0.2) is 30.3 Å². The second-order valence-corrected chi connectivity index (χ2v) is 5.87. The van der Waals surface area contributed by atoms with E-state index in [4.69, 9.17) is 0 Å². The second-order valence-electron chi connectivity index (χ2n) is 5.87. The number of benzene rings is 1. The van der Waals surface area contributed by atoms with E-state index in [9.17, 15) is 70.2 Å². The molecule has 1 rings (SSSR count). The minimum atomic E-state index is -8.45. The molecule has 0 aliphatic rings. The van der Waals surface area contributed by atoms with Crippen molar-refractivity contribution in [1.29, 1.82) is 0 Å². The lowest BCUT2D eigenvalue weighted by Crippen LogP contribution is -2.73. The summed E-state index contributed by atoms with van der Waals surface area (Å²) < 4.78 is 208. The Morgan fingerprint density at radius 2 is 0.871 bits per heavy atom. The third-order valence-electron chi connectivity index (χ3n) is 3.74. The third kappa shape index (κ3) is 3.83. The smallest absolute Gasteiger partial charge is 0.351 e. The fraction of sp³-hybridized carbons (Fsp3) is 0.571. The Labute approximate surface area is 161 Å². The van der Waals surface area contributed by atoms with Crippen LogP contribution in [0.3, 0.4) is 0 Å². The molecule has 0 aliphatic carbocycles. The molecule has 1 atom stereocenters. The molecule has 1 aromatic carbocycles. The van der Waals surface area contributed by atoms with Gasteiger partial charge in [0.2, 0.25) is 6.30 Å². The lowest BCUT2D eigenvalue weighted by atomic mass is 9.90. The van der Waals surface area contributed by atoms with Crippen molar-refractivity contribution in [2.24, 2.45) is 0 Å². The van der Waals surface area contributed by atoms with Gasteiger partial charge in [0.15, 0.2) is 0 Å². The zero-order valence-corrected chi connectivity index (χ0v) is 14.0. The van der Waals surface area contributed by atoms with Crippen LogP contribution in [0, 0.1) is 0 Å². The molecule has 17 heteroatoms. The van der Waals surface area contributed by atoms with Gasteiger partial charge in [-0.3, -0.25) is 0 Å². The Hall–Kier alpha value is -2.10. The fourth-order valence-corrected chi connectivity index (χ4v) is 1.91. The molecule has 0 bridgehead atoms. The summed E-state index contributed by atoms with van der Waals surface area (Å²) in [5.74, 6) is -48.1. The van der Waals surface area contributed by atoms with Gasteiger partial charge in [0.25, 0.3) is 0 Å². The molecule has 0 aromatic heterocycles. The average Bonchev–Trinajstić information content (AvgIpc) is 2.60. The van der Waals surface area contributed by atoms with Crippen molar-refractivity contribution in [2.75, 3.05) is 5.32 Å². The summed E-state index contributed by atoms with van der Waals surface area (Å²) in [7, 11) is 0. The predicted molar refractivity (Wildman–Crippen MR) is 70.7 cm³/mol. The number of alkyl halides is 16. The molecular weight excluding hydrogens is 486 g/mol. The van der Waals surface area contributed by atoms with Crippen LogP contribution in [0.5, 0.6) is 0 Å². The summed E-state index contributed by atoms with van der Waals surface area (Å²) in [4.78, 5) is 0. The molecular formula is C14H7F16N. The molecule has 1 aromatic rings. The second kappa shape index (κ2) is 7.50. The maximum atomic E-state index is 13.6. The first-order valence-corrected chi connectivity index (χ1v) is 7.29. The molecule has 0 saturated carbocycles. The highest BCUT2D eigenvalue weighted by atomic mass is 19.4. The summed E-state index contributed by atoms with van der Waals surface area (Å²) in [6.07, 6.45) is -12.4. The maximum absolute atomic E-state index is 13.6. The lowest BCUT2D eigenvalue weighted by molar-refractivity contribution is -0.454. The number of rotatable bonds is 8. The number of anilines is 1. The summed E-state index contributed by atoms with van der Waals surface area (Å²) in [6, 6.07) is 4.40. The minimum absolute atomic E-state index is 0.672. The van der Waals surface area contributed by atoms with Crippen molar-refractivity contribution in [2.45, 2.75) is 48.0 Å². The van der Waals surface area contributed by atoms with Gasteiger partial charge in [0.1, 0.15) is 0 Å². The van der Waals surface area contributed by atoms with Gasteiger partial charge in [-0.2, -0.15) is 65.9 Å². The number of hydrogen-bond acceptors (Lipinski definition) is 1. The molecule has 31 heavy (non-hydrogen) atoms. The molecule has 0 radical (unpaired) electrons. The first kappa shape index (κ1) is 26.9. The van der Waals surface area contributed by atoms with Crippen molar-refractivity contribution in [3.63, 3.8) is 0 Å². The Bertz CT molecular complexity index is 753. The van der Waals surface area contributed by atoms with Gasteiger partial charge in [-0.05, 0) is 12.1 Å². The van der Waals surface area contributed by atoms with Gasteiger partial charge >= 0.3 is 41.7 Å². The topological polar surface area (TPSA) is 12.0 Å². The molecule has 180 valence electrons. The van der Waals surface area contributed by atoms with Crippen LogP contribution in [-0.2, 0) is 0 Å². The molecule has 0 amide bonds. The molecule has 1 unspecified atom stereocenters. The fourth-order valence-electron chi connectivity index (χ4n) is 1.91. The van der Waals surface area contributed by atoms with Crippen molar-refractivity contribution in [3.8, 4) is 0 Å². The van der Waals surface area contributed by atoms with Crippen molar-refractivity contribution < 1.29 is 70.2 Å². The molecule has 0 fully saturated rings. The number of para-hydroxylation sites is 1. The molecule has 1 nitrogen and oxygen atoms in total. The van der Waals surface area contributed by atoms with Crippen LogP contribution >= 0.6 is 0 Å². The lowest BCUT2D eigenvalue weighted by Gasteiger charge is -2.42. The zero-order chi connectivity index (χ0) is 24.9. The van der Waals surface area contributed by atoms with E-state index < -0.39 is 53.7 Å². The summed E-state index contributed by atoms with van der Waals surface area (Å²) >= 11 is 0. The highest BCUT2D eigenvalue weighted by Gasteiger charge is 2.93. The van der Waals surface area contributed by atoms with Gasteiger partial charge in [-0.25, -0.2) is 4.39 Å². The van der Waals surface area contributed by atoms with E-state index >= 15 is 0 Å². The van der Waals surface area contributed by atoms with Gasteiger partial charge < -0.3 is 5.32 Å². The average molecular weight is 493 g/mol. The van der Waals surface area contributed by atoms with E-state index in [0.717, 1.165) is 23.5 Å². The van der Waals surface area contributed by atoms with E-state index in [2.05, 4.69) is 0 Å². The Kier molecular flexibility index (Phi) is 6.51. The van der Waals surface area contributed by atoms with Gasteiger partial charge in [0, 0.05) is 5.69 Å². The van der Waals surface area contributed by atoms with E-state index in [0.29, 0.717) is 12.1 Å². The van der Waals surface area contributed by atoms with Crippen LogP contribution in [0.2, 0.25) is 0 Å². The van der Waals surface area contributed by atoms with Crippen molar-refractivity contribution in [1.82, 2.24) is 0 Å². The molecule has 1 N–H and O–H groups in total. The maximum Gasteiger partial charge on any atom is 0.460 e. The summed E-state index contributed by atoms with van der Waals surface area (Å²) in [5, 5.41) is 0.814. The third-order valence-corrected chi connectivity index (χ3v) is 3.74. The first-order chi connectivity index (χ1) is 13.5. The number of hydrogen-bond donors (Lipinski definition) is 1. The van der Waals surface area contributed by atoms with E-state index in [1.54, 1.807) is 0 Å². The minimum Gasteiger partial charge on any atom is -0.351 e. The highest BCUT2D eigenvalue weighted by molar-refractivity contribution is 5.43. The highest BCUT2D eigenvalue weighted by Crippen LogP contribution is 2.62. The van der Waals surface area contributed by atoms with Crippen LogP contribution in [0.1, 0.15) is 0 Å². The molecule has 0 saturated heterocycles. The van der Waals surface area contributed by atoms with Crippen LogP contribution < -0.4 is 5.32 Å². The Balaban J connectivity index is 3.47. The quantitative estimate of drug-likeness (QED) is 0.312. The largest absolute Gasteiger partial charge is 0.460 e. The number of nitrogens with one attached hydrogen (secondary N) is 1. The Morgan fingerprint density at radius 1 is 0.516 bits per heavy atom. The van der Waals surface area contributed by atoms with Crippen LogP contribution in [0.4, 0.5) is 75.9 Å². The molecule has 0 aliphatic heterocycles. The van der Waals surface area contributed by atoms with Crippen molar-refractivity contribution >= 4 is 5.69 Å². The zero-order valence-electron chi connectivity index (χ0n) is 14.0. The van der Waals surface area contributed by atoms with E-state index in [1.165, 1.54) is 0 Å². The summed E-state index contributed by atoms with van der Waals surface area (Å²) in [6.45, 7) is 0.